The second-order valence-electron chi connectivity index (χ2n) is 4.26. The van der Waals surface area contributed by atoms with Crippen LogP contribution in [-0.4, -0.2) is 44.3 Å². The first kappa shape index (κ1) is 20.3. The lowest BCUT2D eigenvalue weighted by atomic mass is 10.1. The SMILES string of the molecule is C[Si](Cl)(Cl)CCCOCC(F)C(F)(F)C(F)(F)C(F)F. The molecule has 0 fully saturated rings. The summed E-state index contributed by atoms with van der Waals surface area (Å²) in [5, 5.41) is 0. The molecule has 11 heteroatoms. The van der Waals surface area contributed by atoms with Crippen LogP contribution in [0, 0.1) is 0 Å². The fourth-order valence-corrected chi connectivity index (χ4v) is 2.70. The van der Waals surface area contributed by atoms with E-state index in [2.05, 4.69) is 4.74 Å². The lowest BCUT2D eigenvalue weighted by Gasteiger charge is -2.28. The van der Waals surface area contributed by atoms with E-state index in [4.69, 9.17) is 22.2 Å². The Morgan fingerprint density at radius 1 is 1.05 bits per heavy atom. The molecule has 20 heavy (non-hydrogen) atoms. The Bertz CT molecular complexity index is 299. The molecule has 0 amide bonds. The van der Waals surface area contributed by atoms with E-state index in [0.29, 0.717) is 6.04 Å². The first-order valence-corrected chi connectivity index (χ1v) is 10.2. The van der Waals surface area contributed by atoms with Crippen LogP contribution < -0.4 is 0 Å². The highest BCUT2D eigenvalue weighted by Crippen LogP contribution is 2.42. The molecule has 0 aromatic rings. The van der Waals surface area contributed by atoms with E-state index in [1.54, 1.807) is 6.55 Å². The topological polar surface area (TPSA) is 9.23 Å². The molecule has 1 unspecified atom stereocenters. The van der Waals surface area contributed by atoms with Gasteiger partial charge in [-0.05, 0) is 19.0 Å². The maximum atomic E-state index is 13.0. The average Bonchev–Trinajstić information content (AvgIpc) is 2.26. The zero-order chi connectivity index (χ0) is 16.2. The quantitative estimate of drug-likeness (QED) is 0.245. The first-order chi connectivity index (χ1) is 8.82. The summed E-state index contributed by atoms with van der Waals surface area (Å²) in [4.78, 5) is 0. The number of hydrogen-bond donors (Lipinski definition) is 0. The minimum Gasteiger partial charge on any atom is -0.378 e. The van der Waals surface area contributed by atoms with Gasteiger partial charge in [0.2, 0.25) is 6.69 Å². The second kappa shape index (κ2) is 7.51. The van der Waals surface area contributed by atoms with Crippen molar-refractivity contribution < 1.29 is 35.5 Å². The fraction of sp³-hybridized carbons (Fsp3) is 1.00. The molecule has 0 N–H and O–H groups in total. The van der Waals surface area contributed by atoms with Gasteiger partial charge in [0, 0.05) is 6.61 Å². The Kier molecular flexibility index (Phi) is 7.61. The molecular weight excluding hydrogens is 356 g/mol. The van der Waals surface area contributed by atoms with Gasteiger partial charge in [0.1, 0.15) is 0 Å². The van der Waals surface area contributed by atoms with Gasteiger partial charge < -0.3 is 4.74 Å². The molecule has 0 aliphatic rings. The van der Waals surface area contributed by atoms with Gasteiger partial charge in [-0.15, -0.1) is 22.2 Å². The molecular formula is C9H13Cl2F7OSi. The van der Waals surface area contributed by atoms with Crippen LogP contribution >= 0.6 is 22.2 Å². The van der Waals surface area contributed by atoms with E-state index in [0.717, 1.165) is 0 Å². The van der Waals surface area contributed by atoms with Gasteiger partial charge in [-0.2, -0.15) is 17.6 Å². The van der Waals surface area contributed by atoms with Crippen LogP contribution in [-0.2, 0) is 4.74 Å². The van der Waals surface area contributed by atoms with Crippen molar-refractivity contribution in [3.63, 3.8) is 0 Å². The van der Waals surface area contributed by atoms with Crippen molar-refractivity contribution in [2.45, 2.75) is 43.5 Å². The van der Waals surface area contributed by atoms with Gasteiger partial charge >= 0.3 is 18.3 Å². The molecule has 0 saturated carbocycles. The molecule has 0 rings (SSSR count). The minimum atomic E-state index is -5.76. The Balaban J connectivity index is 4.24. The molecule has 1 nitrogen and oxygen atoms in total. The van der Waals surface area contributed by atoms with E-state index >= 15 is 0 Å². The molecule has 0 aliphatic heterocycles. The molecule has 0 bridgehead atoms. The van der Waals surface area contributed by atoms with Crippen molar-refractivity contribution in [3.05, 3.63) is 0 Å². The Morgan fingerprint density at radius 2 is 1.55 bits per heavy atom. The molecule has 1 atom stereocenters. The van der Waals surface area contributed by atoms with Crippen LogP contribution in [0.15, 0.2) is 0 Å². The Labute approximate surface area is 121 Å². The number of ether oxygens (including phenoxy) is 1. The van der Waals surface area contributed by atoms with Crippen LogP contribution in [0.4, 0.5) is 30.7 Å². The normalized spacial score (nSPS) is 15.8. The monoisotopic (exact) mass is 368 g/mol. The van der Waals surface area contributed by atoms with Crippen molar-refractivity contribution in [1.29, 1.82) is 0 Å². The molecule has 0 heterocycles. The van der Waals surface area contributed by atoms with Crippen LogP contribution in [0.25, 0.3) is 0 Å². The van der Waals surface area contributed by atoms with Crippen LogP contribution in [0.2, 0.25) is 12.6 Å². The van der Waals surface area contributed by atoms with E-state index < -0.39 is 37.7 Å². The van der Waals surface area contributed by atoms with Gasteiger partial charge in [0.25, 0.3) is 0 Å². The maximum Gasteiger partial charge on any atom is 0.372 e. The summed E-state index contributed by atoms with van der Waals surface area (Å²) in [6, 6.07) is 0.330. The zero-order valence-corrected chi connectivity index (χ0v) is 12.8. The van der Waals surface area contributed by atoms with Crippen molar-refractivity contribution >= 4 is 28.9 Å². The van der Waals surface area contributed by atoms with Crippen molar-refractivity contribution in [1.82, 2.24) is 0 Å². The number of hydrogen-bond acceptors (Lipinski definition) is 1. The largest absolute Gasteiger partial charge is 0.378 e. The number of rotatable bonds is 9. The zero-order valence-electron chi connectivity index (χ0n) is 10.3. The highest BCUT2D eigenvalue weighted by molar-refractivity contribution is 7.44. The number of halogens is 9. The van der Waals surface area contributed by atoms with E-state index in [-0.39, 0.29) is 13.0 Å². The summed E-state index contributed by atoms with van der Waals surface area (Å²) >= 11 is 11.4. The molecule has 0 radical (unpaired) electrons. The van der Waals surface area contributed by atoms with E-state index in [1.165, 1.54) is 0 Å². The molecule has 0 aliphatic carbocycles. The maximum absolute atomic E-state index is 13.0. The van der Waals surface area contributed by atoms with Crippen molar-refractivity contribution in [2.24, 2.45) is 0 Å². The predicted octanol–water partition coefficient (Wildman–Crippen LogP) is 4.82. The lowest BCUT2D eigenvalue weighted by Crippen LogP contribution is -2.53. The summed E-state index contributed by atoms with van der Waals surface area (Å²) < 4.78 is 91.6. The molecule has 0 aromatic carbocycles. The summed E-state index contributed by atoms with van der Waals surface area (Å²) in [6.45, 7) is -2.48. The molecule has 122 valence electrons. The van der Waals surface area contributed by atoms with Gasteiger partial charge in [-0.1, -0.05) is 0 Å². The molecule has 0 saturated heterocycles. The van der Waals surface area contributed by atoms with Crippen molar-refractivity contribution in [3.8, 4) is 0 Å². The standard InChI is InChI=1S/C9H13Cl2F7OSi/c1-20(10,11)4-2-3-19-5-6(12)8(15,16)9(17,18)7(13)14/h6-7H,2-5H2,1H3. The molecule has 0 aromatic heterocycles. The van der Waals surface area contributed by atoms with Crippen molar-refractivity contribution in [2.75, 3.05) is 13.2 Å². The summed E-state index contributed by atoms with van der Waals surface area (Å²) in [7, 11) is 0. The van der Waals surface area contributed by atoms with Crippen LogP contribution in [0.3, 0.4) is 0 Å². The highest BCUT2D eigenvalue weighted by atomic mass is 35.7. The number of alkyl halides is 7. The van der Waals surface area contributed by atoms with E-state index in [1.807, 2.05) is 0 Å². The van der Waals surface area contributed by atoms with Crippen LogP contribution in [0.5, 0.6) is 0 Å². The third kappa shape index (κ3) is 5.95. The first-order valence-electron chi connectivity index (χ1n) is 5.46. The third-order valence-electron chi connectivity index (χ3n) is 2.28. The van der Waals surface area contributed by atoms with E-state index in [9.17, 15) is 30.7 Å². The Hall–Kier alpha value is 0.267. The third-order valence-corrected chi connectivity index (χ3v) is 4.65. The predicted molar refractivity (Wildman–Crippen MR) is 64.4 cm³/mol. The summed E-state index contributed by atoms with van der Waals surface area (Å²) in [5.41, 5.74) is 0. The minimum absolute atomic E-state index is 0.221. The summed E-state index contributed by atoms with van der Waals surface area (Å²) in [5.74, 6) is -11.3. The molecule has 0 spiro atoms. The van der Waals surface area contributed by atoms with Gasteiger partial charge in [-0.3, -0.25) is 0 Å². The Morgan fingerprint density at radius 3 is 1.95 bits per heavy atom. The average molecular weight is 369 g/mol. The smallest absolute Gasteiger partial charge is 0.372 e. The second-order valence-corrected chi connectivity index (χ2v) is 12.5. The lowest BCUT2D eigenvalue weighted by molar-refractivity contribution is -0.289. The van der Waals surface area contributed by atoms with Gasteiger partial charge in [0.05, 0.1) is 6.61 Å². The fourth-order valence-electron chi connectivity index (χ4n) is 1.13. The van der Waals surface area contributed by atoms with Crippen LogP contribution in [0.1, 0.15) is 6.42 Å². The summed E-state index contributed by atoms with van der Waals surface area (Å²) in [6.07, 6.45) is -7.99. The van der Waals surface area contributed by atoms with Gasteiger partial charge in [0.15, 0.2) is 6.17 Å². The highest BCUT2D eigenvalue weighted by Gasteiger charge is 2.67. The van der Waals surface area contributed by atoms with Gasteiger partial charge in [-0.25, -0.2) is 13.2 Å².